The highest BCUT2D eigenvalue weighted by molar-refractivity contribution is 7.13. The number of ether oxygens (including phenoxy) is 1. The van der Waals surface area contributed by atoms with E-state index in [0.717, 1.165) is 19.0 Å². The molecule has 2 saturated heterocycles. The van der Waals surface area contributed by atoms with Gasteiger partial charge in [-0.15, -0.1) is 11.3 Å². The minimum atomic E-state index is -4.48. The topological polar surface area (TPSA) is 39.2 Å². The molecule has 3 nitrogen and oxygen atoms in total. The molecule has 0 amide bonds. The Bertz CT molecular complexity index is 485. The van der Waals surface area contributed by atoms with Crippen LogP contribution in [0.1, 0.15) is 33.9 Å². The molecule has 2 aliphatic rings. The van der Waals surface area contributed by atoms with Gasteiger partial charge in [-0.1, -0.05) is 0 Å². The summed E-state index contributed by atoms with van der Waals surface area (Å²) in [6.07, 6.45) is -1.05. The smallest absolute Gasteiger partial charge is 0.374 e. The van der Waals surface area contributed by atoms with Crippen molar-refractivity contribution in [3.05, 3.63) is 16.1 Å². The van der Waals surface area contributed by atoms with E-state index < -0.39 is 11.2 Å². The first-order valence-corrected chi connectivity index (χ1v) is 6.49. The predicted octanol–water partition coefficient (Wildman–Crippen LogP) is 2.91. The van der Waals surface area contributed by atoms with Crippen LogP contribution in [0.4, 0.5) is 13.2 Å². The Kier molecular flexibility index (Phi) is 2.71. The third kappa shape index (κ3) is 1.95. The van der Waals surface area contributed by atoms with Gasteiger partial charge in [0.15, 0.2) is 10.8 Å². The molecule has 0 aromatic carbocycles. The molecular weight excluding hydrogens is 267 g/mol. The van der Waals surface area contributed by atoms with E-state index in [1.54, 1.807) is 0 Å². The maximum atomic E-state index is 12.4. The van der Waals surface area contributed by atoms with Gasteiger partial charge in [-0.3, -0.25) is 4.79 Å². The Morgan fingerprint density at radius 3 is 2.72 bits per heavy atom. The zero-order valence-electron chi connectivity index (χ0n) is 9.24. The lowest BCUT2D eigenvalue weighted by atomic mass is 9.86. The number of carbonyl (C=O) groups excluding carboxylic acids is 1. The molecule has 0 aliphatic carbocycles. The van der Waals surface area contributed by atoms with E-state index in [2.05, 4.69) is 4.98 Å². The molecule has 18 heavy (non-hydrogen) atoms. The van der Waals surface area contributed by atoms with E-state index in [4.69, 9.17) is 4.74 Å². The maximum Gasteiger partial charge on any atom is 0.443 e. The molecule has 0 radical (unpaired) electrons. The Balaban J connectivity index is 1.79. The monoisotopic (exact) mass is 277 g/mol. The van der Waals surface area contributed by atoms with E-state index in [-0.39, 0.29) is 28.8 Å². The number of fused-ring (bicyclic) bond motifs is 2. The first-order chi connectivity index (χ1) is 8.45. The van der Waals surface area contributed by atoms with Crippen LogP contribution in [0.2, 0.25) is 0 Å². The molecule has 0 saturated carbocycles. The van der Waals surface area contributed by atoms with Crippen molar-refractivity contribution in [2.45, 2.75) is 37.6 Å². The van der Waals surface area contributed by atoms with Gasteiger partial charge in [-0.25, -0.2) is 4.98 Å². The number of thiazole rings is 1. The molecular formula is C11H10F3NO2S. The van der Waals surface area contributed by atoms with Gasteiger partial charge in [-0.05, 0) is 19.3 Å². The molecule has 2 fully saturated rings. The van der Waals surface area contributed by atoms with Gasteiger partial charge in [-0.2, -0.15) is 13.2 Å². The number of hydrogen-bond acceptors (Lipinski definition) is 4. The van der Waals surface area contributed by atoms with Crippen molar-refractivity contribution in [3.63, 3.8) is 0 Å². The number of carbonyl (C=O) groups is 1. The van der Waals surface area contributed by atoms with Crippen LogP contribution < -0.4 is 0 Å². The van der Waals surface area contributed by atoms with Gasteiger partial charge in [0.05, 0.1) is 23.0 Å². The lowest BCUT2D eigenvalue weighted by Crippen LogP contribution is -2.24. The minimum absolute atomic E-state index is 0.0866. The fraction of sp³-hybridized carbons (Fsp3) is 0.636. The van der Waals surface area contributed by atoms with Gasteiger partial charge < -0.3 is 4.74 Å². The highest BCUT2D eigenvalue weighted by Crippen LogP contribution is 2.41. The number of aromatic nitrogens is 1. The van der Waals surface area contributed by atoms with E-state index in [0.29, 0.717) is 17.8 Å². The van der Waals surface area contributed by atoms with Crippen molar-refractivity contribution in [2.75, 3.05) is 0 Å². The summed E-state index contributed by atoms with van der Waals surface area (Å²) in [4.78, 5) is 15.5. The zero-order valence-corrected chi connectivity index (χ0v) is 10.1. The summed E-state index contributed by atoms with van der Waals surface area (Å²) in [7, 11) is 0. The van der Waals surface area contributed by atoms with Crippen molar-refractivity contribution < 1.29 is 22.7 Å². The summed E-state index contributed by atoms with van der Waals surface area (Å²) in [5, 5.41) is -0.963. The van der Waals surface area contributed by atoms with Crippen LogP contribution in [-0.4, -0.2) is 23.0 Å². The van der Waals surface area contributed by atoms with Crippen molar-refractivity contribution >= 4 is 17.1 Å². The van der Waals surface area contributed by atoms with Gasteiger partial charge in [0, 0.05) is 6.20 Å². The summed E-state index contributed by atoms with van der Waals surface area (Å²) in [5.74, 6) is -0.541. The summed E-state index contributed by atoms with van der Waals surface area (Å²) in [6, 6.07) is 0. The largest absolute Gasteiger partial charge is 0.443 e. The van der Waals surface area contributed by atoms with Gasteiger partial charge in [0.25, 0.3) is 0 Å². The van der Waals surface area contributed by atoms with E-state index in [9.17, 15) is 18.0 Å². The van der Waals surface area contributed by atoms with Crippen LogP contribution in [0.25, 0.3) is 0 Å². The van der Waals surface area contributed by atoms with Crippen LogP contribution >= 0.6 is 11.3 Å². The predicted molar refractivity (Wildman–Crippen MR) is 57.4 cm³/mol. The number of hydrogen-bond donors (Lipinski definition) is 0. The van der Waals surface area contributed by atoms with Crippen molar-refractivity contribution in [1.29, 1.82) is 0 Å². The third-order valence-corrected chi connectivity index (χ3v) is 4.49. The average molecular weight is 277 g/mol. The van der Waals surface area contributed by atoms with Crippen LogP contribution in [0.5, 0.6) is 0 Å². The van der Waals surface area contributed by atoms with Gasteiger partial charge in [0.2, 0.25) is 0 Å². The van der Waals surface area contributed by atoms with E-state index in [1.807, 2.05) is 0 Å². The molecule has 1 aromatic heterocycles. The fourth-order valence-electron chi connectivity index (χ4n) is 2.62. The first kappa shape index (κ1) is 12.1. The van der Waals surface area contributed by atoms with Crippen LogP contribution in [-0.2, 0) is 10.9 Å². The van der Waals surface area contributed by atoms with E-state index in [1.165, 1.54) is 0 Å². The molecule has 3 atom stereocenters. The summed E-state index contributed by atoms with van der Waals surface area (Å²) in [5.41, 5.74) is 0. The van der Waals surface area contributed by atoms with Crippen LogP contribution in [0.3, 0.4) is 0 Å². The lowest BCUT2D eigenvalue weighted by Gasteiger charge is -2.15. The Morgan fingerprint density at radius 1 is 1.44 bits per heavy atom. The number of ketones is 1. The second-order valence-corrected chi connectivity index (χ2v) is 5.64. The van der Waals surface area contributed by atoms with Gasteiger partial charge in [0.1, 0.15) is 0 Å². The molecule has 0 N–H and O–H groups in total. The number of Topliss-reactive ketones (excluding diaryl/α,β-unsaturated/α-hetero) is 1. The Morgan fingerprint density at radius 2 is 2.22 bits per heavy atom. The molecule has 7 heteroatoms. The normalized spacial score (nSPS) is 30.9. The highest BCUT2D eigenvalue weighted by atomic mass is 32.1. The summed E-state index contributed by atoms with van der Waals surface area (Å²) < 4.78 is 42.8. The number of nitrogens with zero attached hydrogens (tertiary/aromatic N) is 1. The molecule has 0 spiro atoms. The lowest BCUT2D eigenvalue weighted by molar-refractivity contribution is -0.137. The fourth-order valence-corrected chi connectivity index (χ4v) is 3.40. The van der Waals surface area contributed by atoms with Crippen molar-refractivity contribution in [2.24, 2.45) is 5.92 Å². The van der Waals surface area contributed by atoms with Gasteiger partial charge >= 0.3 is 6.18 Å². The first-order valence-electron chi connectivity index (χ1n) is 5.68. The van der Waals surface area contributed by atoms with Crippen LogP contribution in [0.15, 0.2) is 6.20 Å². The maximum absolute atomic E-state index is 12.4. The molecule has 3 unspecified atom stereocenters. The minimum Gasteiger partial charge on any atom is -0.374 e. The van der Waals surface area contributed by atoms with E-state index >= 15 is 0 Å². The second-order valence-electron chi connectivity index (χ2n) is 4.61. The van der Waals surface area contributed by atoms with Crippen molar-refractivity contribution in [3.8, 4) is 0 Å². The zero-order chi connectivity index (χ0) is 12.9. The molecule has 2 aliphatic heterocycles. The third-order valence-electron chi connectivity index (χ3n) is 3.43. The molecule has 98 valence electrons. The molecule has 2 bridgehead atoms. The SMILES string of the molecule is O=C(c1cnc(C(F)(F)F)s1)C1CC2CCC1O2. The Hall–Kier alpha value is -0.950. The number of halogens is 3. The molecule has 3 rings (SSSR count). The number of rotatable bonds is 2. The highest BCUT2D eigenvalue weighted by Gasteiger charge is 2.45. The van der Waals surface area contributed by atoms with Crippen molar-refractivity contribution in [1.82, 2.24) is 4.98 Å². The summed E-state index contributed by atoms with van der Waals surface area (Å²) >= 11 is 0.421. The Labute approximate surface area is 105 Å². The standard InChI is InChI=1S/C11H10F3NO2S/c12-11(13,14)10-15-4-8(18-10)9(16)6-3-5-1-2-7(6)17-5/h4-7H,1-3H2. The quantitative estimate of drug-likeness (QED) is 0.780. The molecule has 3 heterocycles. The average Bonchev–Trinajstić information content (AvgIpc) is 3.02. The van der Waals surface area contributed by atoms with Crippen LogP contribution in [0, 0.1) is 5.92 Å². The molecule has 1 aromatic rings. The summed E-state index contributed by atoms with van der Waals surface area (Å²) in [6.45, 7) is 0. The number of alkyl halides is 3. The second kappa shape index (κ2) is 4.03.